The van der Waals surface area contributed by atoms with Gasteiger partial charge in [0.25, 0.3) is 11.8 Å². The molecular weight excluding hydrogens is 423 g/mol. The third-order valence-corrected chi connectivity index (χ3v) is 4.73. The van der Waals surface area contributed by atoms with Crippen molar-refractivity contribution in [2.45, 2.75) is 0 Å². The van der Waals surface area contributed by atoms with Crippen LogP contribution in [0.2, 0.25) is 0 Å². The van der Waals surface area contributed by atoms with Crippen molar-refractivity contribution in [1.29, 1.82) is 0 Å². The van der Waals surface area contributed by atoms with E-state index in [0.29, 0.717) is 11.6 Å². The standard InChI is InChI=1S/C23H14F3N3O3/c24-15-7-4-13(5-8-15)21(30)20-12-16(19-3-1-2-10-29(19)20)23(32)28-27-22(31)14-6-9-17(25)18(26)11-14/h1-12H,(H,27,31)(H,28,32). The maximum Gasteiger partial charge on any atom is 0.271 e. The van der Waals surface area contributed by atoms with Crippen LogP contribution in [0.25, 0.3) is 5.52 Å². The van der Waals surface area contributed by atoms with Gasteiger partial charge in [0.2, 0.25) is 5.78 Å². The SMILES string of the molecule is O=C(NNC(=O)c1cc(C(=O)c2ccc(F)cc2)n2ccccc12)c1ccc(F)c(F)c1. The molecule has 2 aromatic carbocycles. The monoisotopic (exact) mass is 437 g/mol. The Bertz CT molecular complexity index is 1360. The van der Waals surface area contributed by atoms with Gasteiger partial charge in [0.15, 0.2) is 11.6 Å². The maximum atomic E-state index is 13.3. The zero-order valence-corrected chi connectivity index (χ0v) is 16.2. The van der Waals surface area contributed by atoms with Crippen molar-refractivity contribution in [3.63, 3.8) is 0 Å². The number of ketones is 1. The number of amides is 2. The van der Waals surface area contributed by atoms with Crippen LogP contribution in [0.4, 0.5) is 13.2 Å². The van der Waals surface area contributed by atoms with Gasteiger partial charge in [-0.15, -0.1) is 0 Å². The molecule has 9 heteroatoms. The first-order valence-electron chi connectivity index (χ1n) is 9.31. The second-order valence-electron chi connectivity index (χ2n) is 6.77. The Morgan fingerprint density at radius 3 is 2.12 bits per heavy atom. The number of aromatic nitrogens is 1. The summed E-state index contributed by atoms with van der Waals surface area (Å²) >= 11 is 0. The molecular formula is C23H14F3N3O3. The summed E-state index contributed by atoms with van der Waals surface area (Å²) < 4.78 is 41.0. The Morgan fingerprint density at radius 1 is 0.719 bits per heavy atom. The summed E-state index contributed by atoms with van der Waals surface area (Å²) in [4.78, 5) is 37.7. The number of rotatable bonds is 4. The lowest BCUT2D eigenvalue weighted by Crippen LogP contribution is -2.41. The molecule has 0 saturated carbocycles. The number of carbonyl (C=O) groups is 3. The first-order valence-corrected chi connectivity index (χ1v) is 9.31. The molecule has 2 aromatic heterocycles. The van der Waals surface area contributed by atoms with Crippen molar-refractivity contribution in [2.75, 3.05) is 0 Å². The molecule has 2 heterocycles. The van der Waals surface area contributed by atoms with E-state index >= 15 is 0 Å². The third kappa shape index (κ3) is 3.95. The van der Waals surface area contributed by atoms with Crippen molar-refractivity contribution < 1.29 is 27.6 Å². The molecule has 0 spiro atoms. The smallest absolute Gasteiger partial charge is 0.271 e. The van der Waals surface area contributed by atoms with Crippen molar-refractivity contribution >= 4 is 23.1 Å². The Hall–Kier alpha value is -4.40. The highest BCUT2D eigenvalue weighted by atomic mass is 19.2. The summed E-state index contributed by atoms with van der Waals surface area (Å²) in [5.41, 5.74) is 4.98. The zero-order chi connectivity index (χ0) is 22.8. The minimum absolute atomic E-state index is 0.0849. The van der Waals surface area contributed by atoms with Gasteiger partial charge < -0.3 is 4.40 Å². The molecule has 6 nitrogen and oxygen atoms in total. The fourth-order valence-electron chi connectivity index (χ4n) is 3.15. The Labute approximate surface area is 179 Å². The van der Waals surface area contributed by atoms with Gasteiger partial charge in [0, 0.05) is 17.3 Å². The van der Waals surface area contributed by atoms with E-state index in [4.69, 9.17) is 0 Å². The largest absolute Gasteiger partial charge is 0.313 e. The molecule has 0 radical (unpaired) electrons. The van der Waals surface area contributed by atoms with Gasteiger partial charge in [0.1, 0.15) is 5.82 Å². The van der Waals surface area contributed by atoms with E-state index in [2.05, 4.69) is 10.9 Å². The molecule has 0 fully saturated rings. The van der Waals surface area contributed by atoms with Crippen molar-refractivity contribution in [3.8, 4) is 0 Å². The van der Waals surface area contributed by atoms with Crippen LogP contribution in [0.3, 0.4) is 0 Å². The number of carbonyl (C=O) groups excluding carboxylic acids is 3. The summed E-state index contributed by atoms with van der Waals surface area (Å²) in [6, 6.07) is 13.8. The average molecular weight is 437 g/mol. The van der Waals surface area contributed by atoms with Crippen molar-refractivity contribution in [1.82, 2.24) is 15.3 Å². The summed E-state index contributed by atoms with van der Waals surface area (Å²) in [6.07, 6.45) is 1.59. The molecule has 2 amide bonds. The van der Waals surface area contributed by atoms with Crippen LogP contribution in [-0.4, -0.2) is 22.0 Å². The molecule has 0 aliphatic rings. The first kappa shape index (κ1) is 20.9. The predicted octanol–water partition coefficient (Wildman–Crippen LogP) is 3.66. The number of nitrogens with one attached hydrogen (secondary N) is 2. The number of hydrogen-bond donors (Lipinski definition) is 2. The average Bonchev–Trinajstić information content (AvgIpc) is 3.19. The fourth-order valence-corrected chi connectivity index (χ4v) is 3.15. The molecule has 160 valence electrons. The summed E-state index contributed by atoms with van der Waals surface area (Å²) in [6.45, 7) is 0. The van der Waals surface area contributed by atoms with E-state index in [0.717, 1.165) is 24.3 Å². The van der Waals surface area contributed by atoms with Crippen LogP contribution < -0.4 is 10.9 Å². The van der Waals surface area contributed by atoms with Crippen LogP contribution in [0, 0.1) is 17.5 Å². The minimum Gasteiger partial charge on any atom is -0.313 e. The van der Waals surface area contributed by atoms with Crippen molar-refractivity contribution in [2.24, 2.45) is 0 Å². The number of halogens is 3. The quantitative estimate of drug-likeness (QED) is 0.378. The number of benzene rings is 2. The van der Waals surface area contributed by atoms with Crippen LogP contribution >= 0.6 is 0 Å². The highest BCUT2D eigenvalue weighted by Crippen LogP contribution is 2.20. The lowest BCUT2D eigenvalue weighted by molar-refractivity contribution is 0.0847. The molecule has 2 N–H and O–H groups in total. The van der Waals surface area contributed by atoms with E-state index in [1.54, 1.807) is 24.4 Å². The van der Waals surface area contributed by atoms with Crippen LogP contribution in [0.15, 0.2) is 72.9 Å². The van der Waals surface area contributed by atoms with Gasteiger partial charge in [0.05, 0.1) is 16.8 Å². The van der Waals surface area contributed by atoms with Crippen LogP contribution in [-0.2, 0) is 0 Å². The molecule has 0 aliphatic carbocycles. The van der Waals surface area contributed by atoms with Crippen LogP contribution in [0.5, 0.6) is 0 Å². The molecule has 0 bridgehead atoms. The van der Waals surface area contributed by atoms with Gasteiger partial charge in [-0.1, -0.05) is 6.07 Å². The molecule has 0 unspecified atom stereocenters. The molecule has 0 atom stereocenters. The fraction of sp³-hybridized carbons (Fsp3) is 0. The number of pyridine rings is 1. The predicted molar refractivity (Wildman–Crippen MR) is 109 cm³/mol. The maximum absolute atomic E-state index is 13.3. The topological polar surface area (TPSA) is 79.7 Å². The van der Waals surface area contributed by atoms with E-state index in [1.165, 1.54) is 22.6 Å². The van der Waals surface area contributed by atoms with Crippen molar-refractivity contribution in [3.05, 3.63) is 113 Å². The van der Waals surface area contributed by atoms with Crippen LogP contribution in [0.1, 0.15) is 36.8 Å². The molecule has 4 rings (SSSR count). The van der Waals surface area contributed by atoms with E-state index < -0.39 is 35.0 Å². The molecule has 0 aliphatic heterocycles. The summed E-state index contributed by atoms with van der Waals surface area (Å²) in [7, 11) is 0. The lowest BCUT2D eigenvalue weighted by atomic mass is 10.1. The third-order valence-electron chi connectivity index (χ3n) is 4.73. The second kappa shape index (κ2) is 8.38. The van der Waals surface area contributed by atoms with Gasteiger partial charge in [-0.2, -0.15) is 0 Å². The second-order valence-corrected chi connectivity index (χ2v) is 6.77. The van der Waals surface area contributed by atoms with Gasteiger partial charge in [-0.25, -0.2) is 13.2 Å². The van der Waals surface area contributed by atoms with Gasteiger partial charge in [-0.05, 0) is 60.7 Å². The minimum atomic E-state index is -1.20. The van der Waals surface area contributed by atoms with E-state index in [-0.39, 0.29) is 22.4 Å². The number of hydrazine groups is 1. The normalized spacial score (nSPS) is 10.7. The number of nitrogens with zero attached hydrogens (tertiary/aromatic N) is 1. The Balaban J connectivity index is 1.59. The summed E-state index contributed by atoms with van der Waals surface area (Å²) in [5, 5.41) is 0. The molecule has 32 heavy (non-hydrogen) atoms. The lowest BCUT2D eigenvalue weighted by Gasteiger charge is -2.07. The van der Waals surface area contributed by atoms with Gasteiger partial charge >= 0.3 is 0 Å². The number of fused-ring (bicyclic) bond motifs is 1. The molecule has 4 aromatic rings. The highest BCUT2D eigenvalue weighted by Gasteiger charge is 2.21. The summed E-state index contributed by atoms with van der Waals surface area (Å²) in [5.74, 6) is -4.82. The number of hydrogen-bond acceptors (Lipinski definition) is 3. The van der Waals surface area contributed by atoms with Gasteiger partial charge in [-0.3, -0.25) is 25.2 Å². The van der Waals surface area contributed by atoms with E-state index in [9.17, 15) is 27.6 Å². The zero-order valence-electron chi connectivity index (χ0n) is 16.2. The first-order chi connectivity index (χ1) is 15.3. The van der Waals surface area contributed by atoms with E-state index in [1.807, 2.05) is 0 Å². The highest BCUT2D eigenvalue weighted by molar-refractivity contribution is 6.12. The Morgan fingerprint density at radius 2 is 1.41 bits per heavy atom. The molecule has 0 saturated heterocycles. The Kier molecular flexibility index (Phi) is 5.46.